The Bertz CT molecular complexity index is 594. The Morgan fingerprint density at radius 2 is 1.64 bits per heavy atom. The summed E-state index contributed by atoms with van der Waals surface area (Å²) >= 11 is 0. The molecule has 2 aromatic rings. The van der Waals surface area contributed by atoms with Gasteiger partial charge in [-0.05, 0) is 43.3 Å². The lowest BCUT2D eigenvalue weighted by atomic mass is 10.2. The highest BCUT2D eigenvalue weighted by Crippen LogP contribution is 2.14. The minimum absolute atomic E-state index is 0.266. The highest BCUT2D eigenvalue weighted by atomic mass is 16.5. The standard InChI is InChI=1S/C17H20N2O3/c1-13-3-7-16(8-4-13)22-12-11-18-17(20)19-14-5-9-15(21-2)10-6-14/h3-10H,11-12H2,1-2H3,(H2,18,19,20). The van der Waals surface area contributed by atoms with Crippen molar-refractivity contribution >= 4 is 11.7 Å². The van der Waals surface area contributed by atoms with Crippen LogP contribution in [0.25, 0.3) is 0 Å². The Morgan fingerprint density at radius 3 is 2.27 bits per heavy atom. The van der Waals surface area contributed by atoms with Crippen molar-refractivity contribution in [3.8, 4) is 11.5 Å². The highest BCUT2D eigenvalue weighted by molar-refractivity contribution is 5.89. The molecular weight excluding hydrogens is 280 g/mol. The number of benzene rings is 2. The lowest BCUT2D eigenvalue weighted by Crippen LogP contribution is -2.32. The van der Waals surface area contributed by atoms with Gasteiger partial charge in [-0.3, -0.25) is 0 Å². The van der Waals surface area contributed by atoms with E-state index in [0.29, 0.717) is 18.8 Å². The fourth-order valence-corrected chi connectivity index (χ4v) is 1.82. The molecule has 0 bridgehead atoms. The van der Waals surface area contributed by atoms with Crippen molar-refractivity contribution in [1.29, 1.82) is 0 Å². The quantitative estimate of drug-likeness (QED) is 0.805. The third kappa shape index (κ3) is 5.01. The van der Waals surface area contributed by atoms with E-state index in [1.54, 1.807) is 31.4 Å². The van der Waals surface area contributed by atoms with Crippen molar-refractivity contribution in [3.05, 3.63) is 54.1 Å². The first-order valence-electron chi connectivity index (χ1n) is 7.06. The summed E-state index contributed by atoms with van der Waals surface area (Å²) in [6.45, 7) is 2.86. The lowest BCUT2D eigenvalue weighted by molar-refractivity contribution is 0.247. The Morgan fingerprint density at radius 1 is 1.00 bits per heavy atom. The topological polar surface area (TPSA) is 59.6 Å². The fourth-order valence-electron chi connectivity index (χ4n) is 1.82. The number of methoxy groups -OCH3 is 1. The van der Waals surface area contributed by atoms with Gasteiger partial charge in [0.2, 0.25) is 0 Å². The maximum absolute atomic E-state index is 11.7. The van der Waals surface area contributed by atoms with Crippen LogP contribution in [-0.4, -0.2) is 26.3 Å². The second-order valence-electron chi connectivity index (χ2n) is 4.77. The monoisotopic (exact) mass is 300 g/mol. The first-order valence-corrected chi connectivity index (χ1v) is 7.06. The summed E-state index contributed by atoms with van der Waals surface area (Å²) in [6.07, 6.45) is 0. The van der Waals surface area contributed by atoms with Gasteiger partial charge in [0.05, 0.1) is 13.7 Å². The molecule has 0 fully saturated rings. The van der Waals surface area contributed by atoms with Crippen molar-refractivity contribution < 1.29 is 14.3 Å². The number of aryl methyl sites for hydroxylation is 1. The number of nitrogens with one attached hydrogen (secondary N) is 2. The van der Waals surface area contributed by atoms with Crippen LogP contribution in [-0.2, 0) is 0 Å². The van der Waals surface area contributed by atoms with Gasteiger partial charge in [0.25, 0.3) is 0 Å². The van der Waals surface area contributed by atoms with Gasteiger partial charge in [0.1, 0.15) is 18.1 Å². The molecule has 0 radical (unpaired) electrons. The van der Waals surface area contributed by atoms with Crippen LogP contribution >= 0.6 is 0 Å². The van der Waals surface area contributed by atoms with Crippen LogP contribution in [0.3, 0.4) is 0 Å². The predicted molar refractivity (Wildman–Crippen MR) is 86.7 cm³/mol. The van der Waals surface area contributed by atoms with Gasteiger partial charge in [0.15, 0.2) is 0 Å². The van der Waals surface area contributed by atoms with Crippen molar-refractivity contribution in [1.82, 2.24) is 5.32 Å². The van der Waals surface area contributed by atoms with E-state index < -0.39 is 0 Å². The Kier molecular flexibility index (Phi) is 5.65. The molecule has 5 nitrogen and oxygen atoms in total. The van der Waals surface area contributed by atoms with Crippen molar-refractivity contribution in [2.45, 2.75) is 6.92 Å². The SMILES string of the molecule is COc1ccc(NC(=O)NCCOc2ccc(C)cc2)cc1. The minimum Gasteiger partial charge on any atom is -0.497 e. The van der Waals surface area contributed by atoms with Gasteiger partial charge in [-0.15, -0.1) is 0 Å². The van der Waals surface area contributed by atoms with Crippen LogP contribution in [0.5, 0.6) is 11.5 Å². The van der Waals surface area contributed by atoms with E-state index in [1.807, 2.05) is 31.2 Å². The van der Waals surface area contributed by atoms with Crippen molar-refractivity contribution in [2.75, 3.05) is 25.6 Å². The first-order chi connectivity index (χ1) is 10.7. The Hall–Kier alpha value is -2.69. The first kappa shape index (κ1) is 15.7. The van der Waals surface area contributed by atoms with Gasteiger partial charge in [-0.25, -0.2) is 4.79 Å². The third-order valence-corrected chi connectivity index (χ3v) is 3.03. The molecule has 0 aliphatic carbocycles. The molecule has 22 heavy (non-hydrogen) atoms. The number of carbonyl (C=O) groups is 1. The summed E-state index contributed by atoms with van der Waals surface area (Å²) in [7, 11) is 1.60. The molecule has 5 heteroatoms. The largest absolute Gasteiger partial charge is 0.497 e. The zero-order valence-corrected chi connectivity index (χ0v) is 12.8. The summed E-state index contributed by atoms with van der Waals surface area (Å²) < 4.78 is 10.6. The summed E-state index contributed by atoms with van der Waals surface area (Å²) in [5.74, 6) is 1.54. The van der Waals surface area contributed by atoms with E-state index in [4.69, 9.17) is 9.47 Å². The number of hydrogen-bond acceptors (Lipinski definition) is 3. The van der Waals surface area contributed by atoms with Crippen molar-refractivity contribution in [3.63, 3.8) is 0 Å². The average molecular weight is 300 g/mol. The molecule has 0 aliphatic rings. The number of anilines is 1. The van der Waals surface area contributed by atoms with E-state index >= 15 is 0 Å². The molecule has 2 N–H and O–H groups in total. The van der Waals surface area contributed by atoms with E-state index in [2.05, 4.69) is 10.6 Å². The number of rotatable bonds is 6. The maximum Gasteiger partial charge on any atom is 0.319 e. The fraction of sp³-hybridized carbons (Fsp3) is 0.235. The Balaban J connectivity index is 1.67. The molecule has 0 saturated heterocycles. The van der Waals surface area contributed by atoms with Crippen molar-refractivity contribution in [2.24, 2.45) is 0 Å². The molecule has 0 aromatic heterocycles. The van der Waals surface area contributed by atoms with Gasteiger partial charge in [0, 0.05) is 5.69 Å². The maximum atomic E-state index is 11.7. The summed E-state index contributed by atoms with van der Waals surface area (Å²) in [4.78, 5) is 11.7. The van der Waals surface area contributed by atoms with Crippen LogP contribution in [0.2, 0.25) is 0 Å². The van der Waals surface area contributed by atoms with Crippen LogP contribution in [0.15, 0.2) is 48.5 Å². The molecule has 0 saturated carbocycles. The third-order valence-electron chi connectivity index (χ3n) is 3.03. The molecule has 0 aliphatic heterocycles. The van der Waals surface area contributed by atoms with Crippen LogP contribution in [0, 0.1) is 6.92 Å². The molecule has 0 unspecified atom stereocenters. The number of carbonyl (C=O) groups excluding carboxylic acids is 1. The highest BCUT2D eigenvalue weighted by Gasteiger charge is 2.01. The van der Waals surface area contributed by atoms with E-state index in [9.17, 15) is 4.79 Å². The summed E-state index contributed by atoms with van der Waals surface area (Å²) in [6, 6.07) is 14.7. The van der Waals surface area contributed by atoms with Crippen LogP contribution < -0.4 is 20.1 Å². The van der Waals surface area contributed by atoms with E-state index in [0.717, 1.165) is 11.5 Å². The molecule has 2 amide bonds. The smallest absolute Gasteiger partial charge is 0.319 e. The number of amides is 2. The molecule has 0 spiro atoms. The van der Waals surface area contributed by atoms with E-state index in [1.165, 1.54) is 5.56 Å². The predicted octanol–water partition coefficient (Wildman–Crippen LogP) is 3.20. The molecule has 116 valence electrons. The second-order valence-corrected chi connectivity index (χ2v) is 4.77. The van der Waals surface area contributed by atoms with Crippen LogP contribution in [0.4, 0.5) is 10.5 Å². The zero-order chi connectivity index (χ0) is 15.8. The summed E-state index contributed by atoms with van der Waals surface area (Å²) in [5, 5.41) is 5.47. The van der Waals surface area contributed by atoms with Gasteiger partial charge < -0.3 is 20.1 Å². The number of hydrogen-bond donors (Lipinski definition) is 2. The lowest BCUT2D eigenvalue weighted by Gasteiger charge is -2.09. The molecule has 2 rings (SSSR count). The minimum atomic E-state index is -0.266. The molecule has 2 aromatic carbocycles. The van der Waals surface area contributed by atoms with Gasteiger partial charge in [-0.2, -0.15) is 0 Å². The van der Waals surface area contributed by atoms with Gasteiger partial charge >= 0.3 is 6.03 Å². The van der Waals surface area contributed by atoms with E-state index in [-0.39, 0.29) is 6.03 Å². The number of ether oxygens (including phenoxy) is 2. The second kappa shape index (κ2) is 7.93. The molecular formula is C17H20N2O3. The molecule has 0 atom stereocenters. The summed E-state index contributed by atoms with van der Waals surface area (Å²) in [5.41, 5.74) is 1.89. The normalized spacial score (nSPS) is 9.91. The van der Waals surface area contributed by atoms with Gasteiger partial charge in [-0.1, -0.05) is 17.7 Å². The molecule has 0 heterocycles. The van der Waals surface area contributed by atoms with Crippen LogP contribution in [0.1, 0.15) is 5.56 Å². The average Bonchev–Trinajstić information content (AvgIpc) is 2.54. The number of urea groups is 1. The Labute approximate surface area is 130 Å². The zero-order valence-electron chi connectivity index (χ0n) is 12.8.